The zero-order valence-electron chi connectivity index (χ0n) is 14.6. The second-order valence-corrected chi connectivity index (χ2v) is 7.72. The number of β-amino-alcohol motifs (C(OH)–C–C–N with tert-alkyl or cyclic N) is 1. The van der Waals surface area contributed by atoms with Crippen LogP contribution in [0.3, 0.4) is 0 Å². The summed E-state index contributed by atoms with van der Waals surface area (Å²) >= 11 is 0. The molecule has 3 fully saturated rings. The number of nitrogens with zero attached hydrogens (tertiary/aromatic N) is 1. The zero-order valence-corrected chi connectivity index (χ0v) is 14.6. The number of hydrogen-bond donors (Lipinski definition) is 1. The maximum absolute atomic E-state index is 12.3. The van der Waals surface area contributed by atoms with E-state index < -0.39 is 11.7 Å². The first-order chi connectivity index (χ1) is 12.2. The topological polar surface area (TPSA) is 59.0 Å². The molecule has 2 heterocycles. The van der Waals surface area contributed by atoms with Gasteiger partial charge in [-0.15, -0.1) is 0 Å². The molecular formula is C20H27NO4. The van der Waals surface area contributed by atoms with Gasteiger partial charge in [0.1, 0.15) is 12.7 Å². The molecule has 3 aliphatic rings. The van der Waals surface area contributed by atoms with Crippen LogP contribution in [-0.4, -0.2) is 47.0 Å². The molecule has 1 aromatic rings. The maximum atomic E-state index is 12.3. The van der Waals surface area contributed by atoms with E-state index in [0.717, 1.165) is 18.4 Å². The predicted octanol–water partition coefficient (Wildman–Crippen LogP) is 3.11. The highest BCUT2D eigenvalue weighted by atomic mass is 16.6. The number of amides is 1. The average molecular weight is 345 g/mol. The van der Waals surface area contributed by atoms with Crippen molar-refractivity contribution in [1.82, 2.24) is 4.90 Å². The second kappa shape index (κ2) is 6.96. The molecule has 0 unspecified atom stereocenters. The Labute approximate surface area is 148 Å². The summed E-state index contributed by atoms with van der Waals surface area (Å²) in [6, 6.07) is 9.65. The third-order valence-corrected chi connectivity index (χ3v) is 6.10. The van der Waals surface area contributed by atoms with Gasteiger partial charge in [-0.1, -0.05) is 43.2 Å². The lowest BCUT2D eigenvalue weighted by atomic mass is 9.78. The van der Waals surface area contributed by atoms with E-state index in [1.807, 2.05) is 30.3 Å². The van der Waals surface area contributed by atoms with Crippen LogP contribution < -0.4 is 0 Å². The van der Waals surface area contributed by atoms with Gasteiger partial charge in [0.15, 0.2) is 0 Å². The fraction of sp³-hybridized carbons (Fsp3) is 0.650. The number of likely N-dealkylation sites (tertiary alicyclic amines) is 1. The smallest absolute Gasteiger partial charge is 0.410 e. The standard InChI is InChI=1S/C20H27NO4/c22-18-13-21(19(23)24-14-15-6-2-1-3-7-15)11-10-20(18)12-16-8-4-5-9-17(16)25-20/h1-3,6-7,16-18,22H,4-5,8-14H2/t16-,17-,18+,20+/m0/s1. The van der Waals surface area contributed by atoms with Gasteiger partial charge in [0, 0.05) is 6.54 Å². The SMILES string of the molecule is O=C(OCc1ccccc1)N1CC[C@@]2(C[C@@H]3CCCC[C@@H]3O2)[C@H](O)C1. The van der Waals surface area contributed by atoms with Gasteiger partial charge in [0.2, 0.25) is 0 Å². The maximum Gasteiger partial charge on any atom is 0.410 e. The van der Waals surface area contributed by atoms with Crippen LogP contribution in [0.15, 0.2) is 30.3 Å². The summed E-state index contributed by atoms with van der Waals surface area (Å²) < 4.78 is 11.7. The fourth-order valence-electron chi connectivity index (χ4n) is 4.66. The molecule has 1 amide bonds. The Morgan fingerprint density at radius 1 is 1.28 bits per heavy atom. The fourth-order valence-corrected chi connectivity index (χ4v) is 4.66. The summed E-state index contributed by atoms with van der Waals surface area (Å²) in [5.74, 6) is 0.583. The molecule has 25 heavy (non-hydrogen) atoms. The minimum atomic E-state index is -0.629. The summed E-state index contributed by atoms with van der Waals surface area (Å²) in [6.07, 6.45) is 5.78. The van der Waals surface area contributed by atoms with Crippen molar-refractivity contribution >= 4 is 6.09 Å². The van der Waals surface area contributed by atoms with Crippen LogP contribution in [-0.2, 0) is 16.1 Å². The molecule has 4 rings (SSSR count). The van der Waals surface area contributed by atoms with Crippen LogP contribution in [0, 0.1) is 5.92 Å². The van der Waals surface area contributed by atoms with Crippen molar-refractivity contribution in [3.63, 3.8) is 0 Å². The number of carbonyl (C=O) groups excluding carboxylic acids is 1. The monoisotopic (exact) mass is 345 g/mol. The molecule has 2 aliphatic heterocycles. The average Bonchev–Trinajstić information content (AvgIpc) is 3.02. The van der Waals surface area contributed by atoms with Crippen molar-refractivity contribution in [1.29, 1.82) is 0 Å². The molecule has 0 bridgehead atoms. The van der Waals surface area contributed by atoms with E-state index in [1.54, 1.807) is 4.90 Å². The summed E-state index contributed by atoms with van der Waals surface area (Å²) in [4.78, 5) is 13.9. The lowest BCUT2D eigenvalue weighted by Crippen LogP contribution is -2.56. The van der Waals surface area contributed by atoms with Crippen LogP contribution >= 0.6 is 0 Å². The van der Waals surface area contributed by atoms with Crippen LogP contribution in [0.1, 0.15) is 44.1 Å². The number of ether oxygens (including phenoxy) is 2. The molecule has 5 nitrogen and oxygen atoms in total. The Kier molecular flexibility index (Phi) is 4.69. The highest BCUT2D eigenvalue weighted by molar-refractivity contribution is 5.68. The molecule has 1 aromatic carbocycles. The van der Waals surface area contributed by atoms with Gasteiger partial charge in [-0.25, -0.2) is 4.79 Å². The molecule has 136 valence electrons. The Bertz CT molecular complexity index is 591. The van der Waals surface area contributed by atoms with Gasteiger partial charge in [-0.3, -0.25) is 0 Å². The first-order valence-electron chi connectivity index (χ1n) is 9.48. The first kappa shape index (κ1) is 16.9. The molecule has 1 saturated carbocycles. The van der Waals surface area contributed by atoms with Gasteiger partial charge in [-0.05, 0) is 37.2 Å². The van der Waals surface area contributed by atoms with E-state index in [2.05, 4.69) is 0 Å². The van der Waals surface area contributed by atoms with Gasteiger partial charge in [-0.2, -0.15) is 0 Å². The molecule has 4 atom stereocenters. The van der Waals surface area contributed by atoms with E-state index in [4.69, 9.17) is 9.47 Å². The molecule has 0 aromatic heterocycles. The van der Waals surface area contributed by atoms with Crippen LogP contribution in [0.5, 0.6) is 0 Å². The lowest BCUT2D eigenvalue weighted by Gasteiger charge is -2.42. The van der Waals surface area contributed by atoms with E-state index in [-0.39, 0.29) is 12.7 Å². The van der Waals surface area contributed by atoms with Crippen molar-refractivity contribution in [3.05, 3.63) is 35.9 Å². The Hall–Kier alpha value is -1.59. The number of aliphatic hydroxyl groups is 1. The van der Waals surface area contributed by atoms with E-state index in [0.29, 0.717) is 31.5 Å². The number of carbonyl (C=O) groups is 1. The quantitative estimate of drug-likeness (QED) is 0.895. The van der Waals surface area contributed by atoms with E-state index in [1.165, 1.54) is 19.3 Å². The third kappa shape index (κ3) is 3.40. The normalized spacial score (nSPS) is 34.8. The number of fused-ring (bicyclic) bond motifs is 1. The first-order valence-corrected chi connectivity index (χ1v) is 9.48. The molecule has 1 aliphatic carbocycles. The summed E-state index contributed by atoms with van der Waals surface area (Å²) in [5.41, 5.74) is 0.517. The second-order valence-electron chi connectivity index (χ2n) is 7.72. The number of aliphatic hydroxyl groups excluding tert-OH is 1. The lowest BCUT2D eigenvalue weighted by molar-refractivity contribution is -0.148. The van der Waals surface area contributed by atoms with Crippen molar-refractivity contribution in [2.75, 3.05) is 13.1 Å². The molecule has 1 spiro atoms. The van der Waals surface area contributed by atoms with Crippen LogP contribution in [0.4, 0.5) is 4.79 Å². The third-order valence-electron chi connectivity index (χ3n) is 6.10. The van der Waals surface area contributed by atoms with Crippen LogP contribution in [0.25, 0.3) is 0 Å². The van der Waals surface area contributed by atoms with Crippen molar-refractivity contribution in [2.24, 2.45) is 5.92 Å². The highest BCUT2D eigenvalue weighted by Crippen LogP contribution is 2.47. The zero-order chi connectivity index (χ0) is 17.3. The minimum absolute atomic E-state index is 0.262. The molecular weight excluding hydrogens is 318 g/mol. The van der Waals surface area contributed by atoms with E-state index >= 15 is 0 Å². The number of benzene rings is 1. The van der Waals surface area contributed by atoms with Gasteiger partial charge in [0.05, 0.1) is 18.2 Å². The Morgan fingerprint density at radius 3 is 2.84 bits per heavy atom. The largest absolute Gasteiger partial charge is 0.445 e. The predicted molar refractivity (Wildman–Crippen MR) is 93.0 cm³/mol. The Balaban J connectivity index is 1.33. The van der Waals surface area contributed by atoms with Gasteiger partial charge >= 0.3 is 6.09 Å². The van der Waals surface area contributed by atoms with Crippen molar-refractivity contribution < 1.29 is 19.4 Å². The molecule has 2 saturated heterocycles. The van der Waals surface area contributed by atoms with Crippen molar-refractivity contribution in [2.45, 2.75) is 62.9 Å². The number of hydrogen-bond acceptors (Lipinski definition) is 4. The number of piperidine rings is 1. The molecule has 1 N–H and O–H groups in total. The highest BCUT2D eigenvalue weighted by Gasteiger charge is 2.53. The van der Waals surface area contributed by atoms with Crippen LogP contribution in [0.2, 0.25) is 0 Å². The number of rotatable bonds is 2. The molecule has 0 radical (unpaired) electrons. The van der Waals surface area contributed by atoms with Gasteiger partial charge < -0.3 is 19.5 Å². The summed E-state index contributed by atoms with van der Waals surface area (Å²) in [7, 11) is 0. The summed E-state index contributed by atoms with van der Waals surface area (Å²) in [6.45, 7) is 1.15. The Morgan fingerprint density at radius 2 is 2.08 bits per heavy atom. The molecule has 5 heteroatoms. The summed E-state index contributed by atoms with van der Waals surface area (Å²) in [5, 5.41) is 10.7. The van der Waals surface area contributed by atoms with E-state index in [9.17, 15) is 9.90 Å². The van der Waals surface area contributed by atoms with Crippen molar-refractivity contribution in [3.8, 4) is 0 Å². The van der Waals surface area contributed by atoms with Gasteiger partial charge in [0.25, 0.3) is 0 Å². The minimum Gasteiger partial charge on any atom is -0.445 e.